The molecule has 4 N–H and O–H groups in total. The predicted octanol–water partition coefficient (Wildman–Crippen LogP) is 3.13. The van der Waals surface area contributed by atoms with Crippen LogP contribution in [0.5, 0.6) is 5.75 Å². The van der Waals surface area contributed by atoms with Crippen molar-refractivity contribution in [3.8, 4) is 5.75 Å². The lowest BCUT2D eigenvalue weighted by molar-refractivity contribution is 0.217. The van der Waals surface area contributed by atoms with Crippen LogP contribution in [0.2, 0.25) is 5.28 Å². The van der Waals surface area contributed by atoms with Crippen LogP contribution in [0, 0.1) is 0 Å². The first kappa shape index (κ1) is 40.6. The summed E-state index contributed by atoms with van der Waals surface area (Å²) < 4.78 is 123. The Morgan fingerprint density at radius 3 is 2.31 bits per heavy atom. The van der Waals surface area contributed by atoms with E-state index in [2.05, 4.69) is 34.7 Å². The molecule has 0 aliphatic carbocycles. The normalized spacial score (nSPS) is 12.8. The van der Waals surface area contributed by atoms with Gasteiger partial charge in [-0.2, -0.15) is 36.9 Å². The molecule has 0 spiro atoms. The fraction of sp³-hybridized carbons (Fsp3) is 0.296. The summed E-state index contributed by atoms with van der Waals surface area (Å²) >= 11 is 6.06. The first-order valence-corrected chi connectivity index (χ1v) is 21.1. The van der Waals surface area contributed by atoms with Crippen molar-refractivity contribution >= 4 is 91.5 Å². The van der Waals surface area contributed by atoms with Crippen LogP contribution in [-0.4, -0.2) is 114 Å². The molecule has 1 aromatic heterocycles. The molecule has 4 rings (SSSR count). The number of rotatable bonds is 17. The molecule has 0 bridgehead atoms. The zero-order chi connectivity index (χ0) is 38.5. The van der Waals surface area contributed by atoms with Crippen LogP contribution in [0.4, 0.5) is 29.0 Å². The van der Waals surface area contributed by atoms with Gasteiger partial charge >= 0.3 is 10.4 Å². The van der Waals surface area contributed by atoms with E-state index < -0.39 is 74.6 Å². The van der Waals surface area contributed by atoms with Crippen molar-refractivity contribution in [2.75, 3.05) is 61.4 Å². The third-order valence-corrected chi connectivity index (χ3v) is 11.7. The molecule has 0 aliphatic rings. The fourth-order valence-corrected chi connectivity index (χ4v) is 7.83. The van der Waals surface area contributed by atoms with Crippen LogP contribution >= 0.6 is 11.6 Å². The molecule has 0 saturated heterocycles. The highest BCUT2D eigenvalue weighted by molar-refractivity contribution is 7.91. The van der Waals surface area contributed by atoms with E-state index in [4.69, 9.17) is 20.9 Å². The van der Waals surface area contributed by atoms with Gasteiger partial charge in [-0.15, -0.1) is 5.11 Å². The van der Waals surface area contributed by atoms with Gasteiger partial charge in [-0.05, 0) is 59.5 Å². The second-order valence-electron chi connectivity index (χ2n) is 10.7. The van der Waals surface area contributed by atoms with Crippen LogP contribution in [0.1, 0.15) is 1.43 Å². The molecule has 0 saturated carbocycles. The maximum Gasteiger partial charge on any atom is 0.397 e. The van der Waals surface area contributed by atoms with E-state index in [0.29, 0.717) is 0 Å². The van der Waals surface area contributed by atoms with Crippen molar-refractivity contribution in [1.29, 1.82) is 0 Å². The summed E-state index contributed by atoms with van der Waals surface area (Å²) in [7, 11) is -14.6. The maximum absolute atomic E-state index is 12.5. The average Bonchev–Trinajstić information content (AvgIpc) is 3.04. The molecule has 284 valence electrons. The number of phenols is 1. The fourth-order valence-electron chi connectivity index (χ4n) is 4.32. The Morgan fingerprint density at radius 1 is 0.904 bits per heavy atom. The molecule has 25 heteroatoms. The van der Waals surface area contributed by atoms with E-state index in [9.17, 15) is 43.3 Å². The summed E-state index contributed by atoms with van der Waals surface area (Å²) in [4.78, 5) is 12.6. The number of hydrogen-bond donors (Lipinski definition) is 4. The minimum absolute atomic E-state index is 0. The topological polar surface area (TPSA) is 294 Å². The standard InChI is InChI=1S/C27H30ClN7O13S4.H2/c1-35(8-11-49(37,38)12-10-48-52(44,45)46)27-31-25(28)30-26(32-27)29-18-6-7-21-17(14-18)15-22(51(41,42)43)23(24(21)36)34-33-19-4-3-5-20(16-19)50(39,40)13-9-47-2;/h3-7,14-16,36H,8-13H2,1-2H3,(H,41,42,43)(H,44,45,46)(H,29,30,31,32);1H/i;1+1. The monoisotopic (exact) mass is 826 g/mol. The van der Waals surface area contributed by atoms with Crippen molar-refractivity contribution in [3.05, 3.63) is 53.8 Å². The summed E-state index contributed by atoms with van der Waals surface area (Å²) in [6.45, 7) is -0.996. The van der Waals surface area contributed by atoms with Crippen LogP contribution < -0.4 is 10.2 Å². The Morgan fingerprint density at radius 2 is 1.63 bits per heavy atom. The number of nitrogens with zero attached hydrogens (tertiary/aromatic N) is 6. The lowest BCUT2D eigenvalue weighted by Crippen LogP contribution is -2.29. The van der Waals surface area contributed by atoms with E-state index in [1.807, 2.05) is 0 Å². The minimum Gasteiger partial charge on any atom is -0.505 e. The number of ether oxygens (including phenoxy) is 1. The number of fused-ring (bicyclic) bond motifs is 1. The zero-order valence-electron chi connectivity index (χ0n) is 27.0. The quantitative estimate of drug-likeness (QED) is 0.0878. The Labute approximate surface area is 304 Å². The van der Waals surface area contributed by atoms with Crippen LogP contribution in [0.3, 0.4) is 0 Å². The number of azo groups is 1. The summed E-state index contributed by atoms with van der Waals surface area (Å²) in [5, 5.41) is 21.5. The summed E-state index contributed by atoms with van der Waals surface area (Å²) in [5.41, 5.74) is -0.369. The van der Waals surface area contributed by atoms with E-state index in [1.165, 1.54) is 61.5 Å². The number of anilines is 3. The molecule has 20 nitrogen and oxygen atoms in total. The number of hydrogen-bond acceptors (Lipinski definition) is 18. The van der Waals surface area contributed by atoms with Gasteiger partial charge in [-0.25, -0.2) is 21.0 Å². The highest BCUT2D eigenvalue weighted by Gasteiger charge is 2.23. The minimum atomic E-state index is -5.00. The highest BCUT2D eigenvalue weighted by Crippen LogP contribution is 2.42. The van der Waals surface area contributed by atoms with Crippen LogP contribution in [0.15, 0.2) is 68.6 Å². The first-order valence-electron chi connectivity index (χ1n) is 14.4. The van der Waals surface area contributed by atoms with E-state index >= 15 is 0 Å². The highest BCUT2D eigenvalue weighted by atomic mass is 35.5. The number of aromatic nitrogens is 3. The molecule has 3 aromatic carbocycles. The average molecular weight is 827 g/mol. The molecule has 1 heterocycles. The second kappa shape index (κ2) is 16.3. The molecule has 0 aliphatic heterocycles. The number of phenolic OH excluding ortho intramolecular Hbond substituents is 1. The number of halogens is 1. The SMILES string of the molecule is COCCS(=O)(=O)c1cccc(N=Nc2c(S(=O)(=O)O)cc3cc(Nc4nc(Cl)nc(N(C)CCS(=O)(=O)CCOS(=O)(=O)O)n4)ccc3c2O)c1.[2HH]. The lowest BCUT2D eigenvalue weighted by Gasteiger charge is -2.18. The molecular weight excluding hydrogens is 794 g/mol. The smallest absolute Gasteiger partial charge is 0.397 e. The largest absolute Gasteiger partial charge is 0.505 e. The summed E-state index contributed by atoms with van der Waals surface area (Å²) in [6, 6.07) is 10.6. The van der Waals surface area contributed by atoms with Crippen LogP contribution in [0.25, 0.3) is 10.8 Å². The summed E-state index contributed by atoms with van der Waals surface area (Å²) in [5.74, 6) is -2.32. The van der Waals surface area contributed by atoms with Crippen molar-refractivity contribution in [2.45, 2.75) is 9.79 Å². The van der Waals surface area contributed by atoms with E-state index in [1.54, 1.807) is 0 Å². The Balaban J connectivity index is 0.00000756. The maximum atomic E-state index is 12.5. The van der Waals surface area contributed by atoms with Gasteiger partial charge in [0.05, 0.1) is 41.1 Å². The zero-order valence-corrected chi connectivity index (χ0v) is 31.0. The molecule has 0 atom stereocenters. The van der Waals surface area contributed by atoms with Gasteiger partial charge in [-0.3, -0.25) is 9.11 Å². The van der Waals surface area contributed by atoms with Gasteiger partial charge in [0.25, 0.3) is 10.1 Å². The van der Waals surface area contributed by atoms with Gasteiger partial charge in [0, 0.05) is 33.2 Å². The Bertz CT molecular complexity index is 2460. The Kier molecular flexibility index (Phi) is 12.7. The molecule has 0 radical (unpaired) electrons. The number of methoxy groups -OCH3 is 1. The number of benzene rings is 3. The van der Waals surface area contributed by atoms with Gasteiger partial charge in [0.15, 0.2) is 25.4 Å². The van der Waals surface area contributed by atoms with Gasteiger partial charge in [0.1, 0.15) is 10.6 Å². The summed E-state index contributed by atoms with van der Waals surface area (Å²) in [6.07, 6.45) is 0. The number of nitrogens with one attached hydrogen (secondary N) is 1. The van der Waals surface area contributed by atoms with E-state index in [-0.39, 0.29) is 64.6 Å². The van der Waals surface area contributed by atoms with Crippen molar-refractivity contribution in [3.63, 3.8) is 0 Å². The third kappa shape index (κ3) is 11.2. The lowest BCUT2D eigenvalue weighted by atomic mass is 10.1. The van der Waals surface area contributed by atoms with Crippen molar-refractivity contribution in [1.82, 2.24) is 15.0 Å². The van der Waals surface area contributed by atoms with Crippen molar-refractivity contribution < 1.29 is 58.2 Å². The number of sulfone groups is 2. The van der Waals surface area contributed by atoms with Crippen molar-refractivity contribution in [2.24, 2.45) is 10.2 Å². The molecular formula is C27H32ClN7O13S4. The third-order valence-electron chi connectivity index (χ3n) is 6.89. The molecule has 52 heavy (non-hydrogen) atoms. The van der Waals surface area contributed by atoms with Crippen LogP contribution in [-0.2, 0) is 49.1 Å². The first-order chi connectivity index (χ1) is 24.2. The molecule has 0 amide bonds. The van der Waals surface area contributed by atoms with Gasteiger partial charge < -0.3 is 20.1 Å². The molecule has 0 fully saturated rings. The predicted molar refractivity (Wildman–Crippen MR) is 190 cm³/mol. The second-order valence-corrected chi connectivity index (χ2v) is 17.9. The number of aromatic hydroxyl groups is 1. The van der Waals surface area contributed by atoms with Gasteiger partial charge in [-0.1, -0.05) is 6.07 Å². The van der Waals surface area contributed by atoms with E-state index in [0.717, 1.165) is 6.07 Å². The molecule has 4 aromatic rings. The Hall–Kier alpha value is -4.14. The molecule has 0 unspecified atom stereocenters. The van der Waals surface area contributed by atoms with Gasteiger partial charge in [0.2, 0.25) is 17.2 Å².